The standard InChI is InChI=1S/C13H18FNO2S/c1-9-2-5-11(6-3-9)18(16,17)13-7-4-10(15)8-12(13)14/h4,7-9,11H,2-3,5-6,15H2,1H3. The van der Waals surface area contributed by atoms with Crippen LogP contribution in [0.15, 0.2) is 23.1 Å². The Morgan fingerprint density at radius 2 is 1.83 bits per heavy atom. The monoisotopic (exact) mass is 271 g/mol. The van der Waals surface area contributed by atoms with Crippen molar-refractivity contribution < 1.29 is 12.8 Å². The van der Waals surface area contributed by atoms with Crippen molar-refractivity contribution in [2.75, 3.05) is 5.73 Å². The van der Waals surface area contributed by atoms with E-state index in [1.54, 1.807) is 0 Å². The molecule has 0 aliphatic heterocycles. The highest BCUT2D eigenvalue weighted by atomic mass is 32.2. The van der Waals surface area contributed by atoms with E-state index in [-0.39, 0.29) is 10.6 Å². The number of halogens is 1. The van der Waals surface area contributed by atoms with Crippen molar-refractivity contribution >= 4 is 15.5 Å². The number of benzene rings is 1. The molecule has 0 unspecified atom stereocenters. The van der Waals surface area contributed by atoms with Gasteiger partial charge in [-0.2, -0.15) is 0 Å². The molecule has 1 aromatic carbocycles. The molecule has 0 atom stereocenters. The smallest absolute Gasteiger partial charge is 0.184 e. The molecule has 1 fully saturated rings. The van der Waals surface area contributed by atoms with E-state index in [1.165, 1.54) is 12.1 Å². The molecule has 100 valence electrons. The Hall–Kier alpha value is -1.10. The first kappa shape index (κ1) is 13.3. The third-order valence-electron chi connectivity index (χ3n) is 3.66. The molecule has 3 nitrogen and oxygen atoms in total. The largest absolute Gasteiger partial charge is 0.399 e. The van der Waals surface area contributed by atoms with Crippen LogP contribution < -0.4 is 5.73 Å². The highest BCUT2D eigenvalue weighted by molar-refractivity contribution is 7.92. The number of hydrogen-bond donors (Lipinski definition) is 1. The Kier molecular flexibility index (Phi) is 3.61. The lowest BCUT2D eigenvalue weighted by Crippen LogP contribution is -2.27. The van der Waals surface area contributed by atoms with Gasteiger partial charge in [0, 0.05) is 5.69 Å². The van der Waals surface area contributed by atoms with Crippen molar-refractivity contribution in [1.82, 2.24) is 0 Å². The molecule has 0 amide bonds. The number of nitrogen functional groups attached to an aromatic ring is 1. The van der Waals surface area contributed by atoms with Crippen LogP contribution in [0, 0.1) is 11.7 Å². The summed E-state index contributed by atoms with van der Waals surface area (Å²) in [7, 11) is -3.56. The summed E-state index contributed by atoms with van der Waals surface area (Å²) < 4.78 is 38.4. The maximum atomic E-state index is 13.7. The molecule has 0 bridgehead atoms. The predicted molar refractivity (Wildman–Crippen MR) is 69.4 cm³/mol. The van der Waals surface area contributed by atoms with Crippen molar-refractivity contribution in [2.45, 2.75) is 42.8 Å². The normalized spacial score (nSPS) is 25.0. The first-order valence-electron chi connectivity index (χ1n) is 6.20. The minimum atomic E-state index is -3.56. The van der Waals surface area contributed by atoms with Gasteiger partial charge in [0.1, 0.15) is 10.7 Å². The predicted octanol–water partition coefficient (Wildman–Crippen LogP) is 2.76. The average Bonchev–Trinajstić information content (AvgIpc) is 2.29. The van der Waals surface area contributed by atoms with Gasteiger partial charge in [0.15, 0.2) is 9.84 Å². The van der Waals surface area contributed by atoms with Crippen LogP contribution >= 0.6 is 0 Å². The van der Waals surface area contributed by atoms with Gasteiger partial charge in [0.2, 0.25) is 0 Å². The Morgan fingerprint density at radius 1 is 1.22 bits per heavy atom. The van der Waals surface area contributed by atoms with E-state index < -0.39 is 20.9 Å². The topological polar surface area (TPSA) is 60.2 Å². The Labute approximate surface area is 107 Å². The first-order chi connectivity index (χ1) is 8.41. The van der Waals surface area contributed by atoms with Crippen LogP contribution in [-0.2, 0) is 9.84 Å². The first-order valence-corrected chi connectivity index (χ1v) is 7.75. The molecule has 2 rings (SSSR count). The zero-order chi connectivity index (χ0) is 13.3. The summed E-state index contributed by atoms with van der Waals surface area (Å²) in [6.07, 6.45) is 3.02. The second-order valence-corrected chi connectivity index (χ2v) is 7.31. The molecule has 5 heteroatoms. The minimum absolute atomic E-state index is 0.212. The highest BCUT2D eigenvalue weighted by Gasteiger charge is 2.32. The molecule has 18 heavy (non-hydrogen) atoms. The highest BCUT2D eigenvalue weighted by Crippen LogP contribution is 2.32. The summed E-state index contributed by atoms with van der Waals surface area (Å²) >= 11 is 0. The number of anilines is 1. The summed E-state index contributed by atoms with van der Waals surface area (Å²) in [5.41, 5.74) is 5.67. The Morgan fingerprint density at radius 3 is 2.39 bits per heavy atom. The zero-order valence-electron chi connectivity index (χ0n) is 10.4. The van der Waals surface area contributed by atoms with E-state index in [4.69, 9.17) is 5.73 Å². The molecule has 0 radical (unpaired) electrons. The zero-order valence-corrected chi connectivity index (χ0v) is 11.2. The number of hydrogen-bond acceptors (Lipinski definition) is 3. The summed E-state index contributed by atoms with van der Waals surface area (Å²) in [6.45, 7) is 2.12. The molecule has 1 aromatic rings. The van der Waals surface area contributed by atoms with Crippen molar-refractivity contribution in [2.24, 2.45) is 5.92 Å². The van der Waals surface area contributed by atoms with E-state index in [9.17, 15) is 12.8 Å². The van der Waals surface area contributed by atoms with Gasteiger partial charge in [-0.25, -0.2) is 12.8 Å². The van der Waals surface area contributed by atoms with Crippen molar-refractivity contribution in [3.05, 3.63) is 24.0 Å². The molecular weight excluding hydrogens is 253 g/mol. The lowest BCUT2D eigenvalue weighted by atomic mass is 9.91. The average molecular weight is 271 g/mol. The maximum absolute atomic E-state index is 13.7. The van der Waals surface area contributed by atoms with Gasteiger partial charge in [-0.3, -0.25) is 0 Å². The SMILES string of the molecule is CC1CCC(S(=O)(=O)c2ccc(N)cc2F)CC1. The van der Waals surface area contributed by atoms with Crippen LogP contribution in [0.1, 0.15) is 32.6 Å². The van der Waals surface area contributed by atoms with E-state index in [1.807, 2.05) is 0 Å². The van der Waals surface area contributed by atoms with Crippen molar-refractivity contribution in [3.8, 4) is 0 Å². The third-order valence-corrected chi connectivity index (χ3v) is 5.96. The Bertz CT molecular complexity index is 534. The molecule has 0 spiro atoms. The van der Waals surface area contributed by atoms with Crippen LogP contribution in [0.4, 0.5) is 10.1 Å². The van der Waals surface area contributed by atoms with E-state index in [0.717, 1.165) is 18.9 Å². The van der Waals surface area contributed by atoms with Crippen molar-refractivity contribution in [1.29, 1.82) is 0 Å². The summed E-state index contributed by atoms with van der Waals surface area (Å²) in [5.74, 6) is -0.179. The Balaban J connectivity index is 2.30. The van der Waals surface area contributed by atoms with Crippen molar-refractivity contribution in [3.63, 3.8) is 0 Å². The molecule has 1 saturated carbocycles. The lowest BCUT2D eigenvalue weighted by molar-refractivity contribution is 0.381. The minimum Gasteiger partial charge on any atom is -0.399 e. The van der Waals surface area contributed by atoms with Gasteiger partial charge in [-0.1, -0.05) is 6.92 Å². The van der Waals surface area contributed by atoms with Gasteiger partial charge in [-0.05, 0) is 49.8 Å². The fraction of sp³-hybridized carbons (Fsp3) is 0.538. The maximum Gasteiger partial charge on any atom is 0.184 e. The van der Waals surface area contributed by atoms with Crippen LogP contribution in [0.2, 0.25) is 0 Å². The summed E-state index contributed by atoms with van der Waals surface area (Å²) in [4.78, 5) is -0.212. The molecule has 1 aliphatic rings. The van der Waals surface area contributed by atoms with Gasteiger partial charge in [-0.15, -0.1) is 0 Å². The van der Waals surface area contributed by atoms with E-state index in [0.29, 0.717) is 18.8 Å². The van der Waals surface area contributed by atoms with E-state index in [2.05, 4.69) is 6.92 Å². The number of rotatable bonds is 2. The molecule has 0 aromatic heterocycles. The molecule has 1 aliphatic carbocycles. The molecule has 0 saturated heterocycles. The molecule has 0 heterocycles. The van der Waals surface area contributed by atoms with Crippen LogP contribution in [0.5, 0.6) is 0 Å². The van der Waals surface area contributed by atoms with E-state index >= 15 is 0 Å². The van der Waals surface area contributed by atoms with Gasteiger partial charge in [0.25, 0.3) is 0 Å². The van der Waals surface area contributed by atoms with Gasteiger partial charge < -0.3 is 5.73 Å². The second kappa shape index (κ2) is 4.88. The fourth-order valence-electron chi connectivity index (χ4n) is 2.47. The quantitative estimate of drug-likeness (QED) is 0.841. The number of sulfone groups is 1. The third kappa shape index (κ3) is 2.51. The van der Waals surface area contributed by atoms with Gasteiger partial charge >= 0.3 is 0 Å². The van der Waals surface area contributed by atoms with Crippen LogP contribution in [0.3, 0.4) is 0 Å². The van der Waals surface area contributed by atoms with Gasteiger partial charge in [0.05, 0.1) is 5.25 Å². The molecular formula is C13H18FNO2S. The summed E-state index contributed by atoms with van der Waals surface area (Å²) in [5, 5.41) is -0.452. The molecule has 2 N–H and O–H groups in total. The number of nitrogens with two attached hydrogens (primary N) is 1. The van der Waals surface area contributed by atoms with Crippen LogP contribution in [-0.4, -0.2) is 13.7 Å². The lowest BCUT2D eigenvalue weighted by Gasteiger charge is -2.26. The summed E-state index contributed by atoms with van der Waals surface area (Å²) in [6, 6.07) is 3.78. The van der Waals surface area contributed by atoms with Crippen LogP contribution in [0.25, 0.3) is 0 Å². The second-order valence-electron chi connectivity index (χ2n) is 5.12. The fourth-order valence-corrected chi connectivity index (χ4v) is 4.31.